The van der Waals surface area contributed by atoms with Gasteiger partial charge in [-0.25, -0.2) is 0 Å². The molecule has 3 fully saturated rings. The van der Waals surface area contributed by atoms with Crippen LogP contribution in [0.2, 0.25) is 0 Å². The van der Waals surface area contributed by atoms with Gasteiger partial charge < -0.3 is 33.9 Å². The smallest absolute Gasteiger partial charge is 0.187 e. The van der Waals surface area contributed by atoms with Crippen LogP contribution in [0, 0.1) is 0 Å². The molecule has 0 aromatic heterocycles. The predicted molar refractivity (Wildman–Crippen MR) is 76.4 cm³/mol. The molecule has 3 aliphatic heterocycles. The molecule has 23 heavy (non-hydrogen) atoms. The summed E-state index contributed by atoms with van der Waals surface area (Å²) in [5.74, 6) is 0. The van der Waals surface area contributed by atoms with Crippen molar-refractivity contribution < 1.29 is 33.9 Å². The lowest BCUT2D eigenvalue weighted by atomic mass is 9.98. The first-order valence-electron chi connectivity index (χ1n) is 7.71. The van der Waals surface area contributed by atoms with Crippen LogP contribution in [-0.4, -0.2) is 67.0 Å². The van der Waals surface area contributed by atoms with Gasteiger partial charge in [0.05, 0.1) is 6.61 Å². The summed E-state index contributed by atoms with van der Waals surface area (Å²) in [5, 5.41) is 20.2. The minimum atomic E-state index is -1.16. The van der Waals surface area contributed by atoms with E-state index in [-0.39, 0.29) is 18.8 Å². The SMILES string of the molecule is CO[C@@H]1O[C@@H]2CO[C@H]([C@@H]3O[C@H]3c3ccccc3)O[C@@H]2[C@H](O)[C@H]1O. The third-order valence-electron chi connectivity index (χ3n) is 4.51. The summed E-state index contributed by atoms with van der Waals surface area (Å²) < 4.78 is 27.7. The highest BCUT2D eigenvalue weighted by atomic mass is 16.8. The average molecular weight is 324 g/mol. The van der Waals surface area contributed by atoms with Gasteiger partial charge in [0, 0.05) is 7.11 Å². The summed E-state index contributed by atoms with van der Waals surface area (Å²) in [6, 6.07) is 9.82. The molecule has 0 aliphatic carbocycles. The average Bonchev–Trinajstić information content (AvgIpc) is 3.39. The standard InChI is InChI=1S/C16H20O7/c1-19-15-11(18)10(17)13-9(21-15)7-20-16(23-13)14-12(22-14)8-5-3-2-4-6-8/h2-6,9-18H,7H2,1H3/t9-,10-,11-,12+,13+,14-,15-,16+/m1/s1. The van der Waals surface area contributed by atoms with Crippen LogP contribution in [0.4, 0.5) is 0 Å². The Morgan fingerprint density at radius 1 is 1.00 bits per heavy atom. The van der Waals surface area contributed by atoms with E-state index in [0.717, 1.165) is 5.56 Å². The molecule has 4 rings (SSSR count). The number of ether oxygens (including phenoxy) is 5. The number of rotatable bonds is 3. The highest BCUT2D eigenvalue weighted by molar-refractivity contribution is 5.22. The van der Waals surface area contributed by atoms with Crippen LogP contribution < -0.4 is 0 Å². The lowest BCUT2D eigenvalue weighted by Crippen LogP contribution is -2.63. The van der Waals surface area contributed by atoms with Gasteiger partial charge in [-0.15, -0.1) is 0 Å². The third kappa shape index (κ3) is 2.78. The van der Waals surface area contributed by atoms with E-state index in [0.29, 0.717) is 0 Å². The molecule has 0 bridgehead atoms. The van der Waals surface area contributed by atoms with Crippen molar-refractivity contribution in [3.05, 3.63) is 35.9 Å². The fourth-order valence-electron chi connectivity index (χ4n) is 3.20. The van der Waals surface area contributed by atoms with Gasteiger partial charge in [-0.05, 0) is 5.56 Å². The maximum absolute atomic E-state index is 10.2. The highest BCUT2D eigenvalue weighted by Gasteiger charge is 2.54. The Balaban J connectivity index is 1.41. The third-order valence-corrected chi connectivity index (χ3v) is 4.51. The number of hydrogen-bond acceptors (Lipinski definition) is 7. The van der Waals surface area contributed by atoms with Gasteiger partial charge in [0.1, 0.15) is 36.6 Å². The maximum atomic E-state index is 10.2. The highest BCUT2D eigenvalue weighted by Crippen LogP contribution is 2.44. The Hall–Kier alpha value is -1.06. The van der Waals surface area contributed by atoms with Crippen molar-refractivity contribution in [2.45, 2.75) is 49.2 Å². The van der Waals surface area contributed by atoms with Gasteiger partial charge in [0.2, 0.25) is 0 Å². The van der Waals surface area contributed by atoms with E-state index in [1.54, 1.807) is 0 Å². The van der Waals surface area contributed by atoms with Gasteiger partial charge in [-0.3, -0.25) is 0 Å². The summed E-state index contributed by atoms with van der Waals surface area (Å²) in [4.78, 5) is 0. The van der Waals surface area contributed by atoms with E-state index >= 15 is 0 Å². The van der Waals surface area contributed by atoms with Crippen LogP contribution in [0.25, 0.3) is 0 Å². The lowest BCUT2D eigenvalue weighted by molar-refractivity contribution is -0.357. The van der Waals surface area contributed by atoms with Crippen LogP contribution in [0.3, 0.4) is 0 Å². The molecule has 0 spiro atoms. The van der Waals surface area contributed by atoms with E-state index in [4.69, 9.17) is 23.7 Å². The molecular weight excluding hydrogens is 304 g/mol. The Morgan fingerprint density at radius 2 is 1.78 bits per heavy atom. The zero-order chi connectivity index (χ0) is 16.0. The van der Waals surface area contributed by atoms with Crippen molar-refractivity contribution in [3.63, 3.8) is 0 Å². The van der Waals surface area contributed by atoms with E-state index < -0.39 is 37.0 Å². The summed E-state index contributed by atoms with van der Waals surface area (Å²) in [6.07, 6.45) is -5.18. The zero-order valence-electron chi connectivity index (χ0n) is 12.6. The van der Waals surface area contributed by atoms with Crippen LogP contribution in [-0.2, 0) is 23.7 Å². The topological polar surface area (TPSA) is 89.9 Å². The van der Waals surface area contributed by atoms with Crippen molar-refractivity contribution >= 4 is 0 Å². The van der Waals surface area contributed by atoms with Crippen LogP contribution in [0.5, 0.6) is 0 Å². The molecule has 3 heterocycles. The molecule has 3 aliphatic rings. The summed E-state index contributed by atoms with van der Waals surface area (Å²) in [7, 11) is 1.41. The molecule has 0 amide bonds. The maximum Gasteiger partial charge on any atom is 0.187 e. The molecule has 1 aromatic rings. The monoisotopic (exact) mass is 324 g/mol. The quantitative estimate of drug-likeness (QED) is 0.754. The number of hydrogen-bond donors (Lipinski definition) is 2. The molecule has 2 N–H and O–H groups in total. The van der Waals surface area contributed by atoms with Gasteiger partial charge in [-0.1, -0.05) is 30.3 Å². The van der Waals surface area contributed by atoms with Gasteiger partial charge in [0.15, 0.2) is 12.6 Å². The Labute approximate surface area is 133 Å². The number of epoxide rings is 1. The molecule has 0 saturated carbocycles. The fraction of sp³-hybridized carbons (Fsp3) is 0.625. The van der Waals surface area contributed by atoms with E-state index in [1.807, 2.05) is 30.3 Å². The van der Waals surface area contributed by atoms with Crippen LogP contribution in [0.15, 0.2) is 30.3 Å². The first-order chi connectivity index (χ1) is 11.2. The second kappa shape index (κ2) is 6.10. The Bertz CT molecular complexity index is 536. The number of methoxy groups -OCH3 is 1. The van der Waals surface area contributed by atoms with Gasteiger partial charge in [0.25, 0.3) is 0 Å². The molecule has 126 valence electrons. The predicted octanol–water partition coefficient (Wildman–Crippen LogP) is -0.0389. The van der Waals surface area contributed by atoms with Crippen molar-refractivity contribution in [2.24, 2.45) is 0 Å². The second-order valence-electron chi connectivity index (χ2n) is 5.99. The number of aliphatic hydroxyl groups excluding tert-OH is 2. The largest absolute Gasteiger partial charge is 0.387 e. The normalized spacial score (nSPS) is 46.2. The lowest BCUT2D eigenvalue weighted by Gasteiger charge is -2.45. The molecule has 0 unspecified atom stereocenters. The minimum absolute atomic E-state index is 0.0731. The minimum Gasteiger partial charge on any atom is -0.387 e. The molecular formula is C16H20O7. The van der Waals surface area contributed by atoms with Crippen molar-refractivity contribution in [1.82, 2.24) is 0 Å². The number of aliphatic hydroxyl groups is 2. The van der Waals surface area contributed by atoms with Gasteiger partial charge >= 0.3 is 0 Å². The van der Waals surface area contributed by atoms with E-state index in [9.17, 15) is 10.2 Å². The van der Waals surface area contributed by atoms with E-state index in [1.165, 1.54) is 7.11 Å². The molecule has 7 heteroatoms. The van der Waals surface area contributed by atoms with Crippen LogP contribution in [0.1, 0.15) is 11.7 Å². The summed E-state index contributed by atoms with van der Waals surface area (Å²) >= 11 is 0. The fourth-order valence-corrected chi connectivity index (χ4v) is 3.20. The number of benzene rings is 1. The summed E-state index contributed by atoms with van der Waals surface area (Å²) in [6.45, 7) is 0.250. The van der Waals surface area contributed by atoms with Gasteiger partial charge in [-0.2, -0.15) is 0 Å². The Kier molecular flexibility index (Phi) is 4.10. The number of fused-ring (bicyclic) bond motifs is 1. The molecule has 3 saturated heterocycles. The van der Waals surface area contributed by atoms with Crippen molar-refractivity contribution in [2.75, 3.05) is 13.7 Å². The van der Waals surface area contributed by atoms with Crippen LogP contribution >= 0.6 is 0 Å². The molecule has 1 aromatic carbocycles. The van der Waals surface area contributed by atoms with Crippen molar-refractivity contribution in [3.8, 4) is 0 Å². The first kappa shape index (κ1) is 15.5. The Morgan fingerprint density at radius 3 is 2.52 bits per heavy atom. The molecule has 0 radical (unpaired) electrons. The molecule has 8 atom stereocenters. The zero-order valence-corrected chi connectivity index (χ0v) is 12.6. The van der Waals surface area contributed by atoms with E-state index in [2.05, 4.69) is 0 Å². The first-order valence-corrected chi connectivity index (χ1v) is 7.71. The van der Waals surface area contributed by atoms with Crippen molar-refractivity contribution in [1.29, 1.82) is 0 Å². The second-order valence-corrected chi connectivity index (χ2v) is 5.99. The molecule has 7 nitrogen and oxygen atoms in total. The summed E-state index contributed by atoms with van der Waals surface area (Å²) in [5.41, 5.74) is 1.06.